The third-order valence-corrected chi connectivity index (χ3v) is 3.87. The van der Waals surface area contributed by atoms with E-state index in [1.54, 1.807) is 0 Å². The van der Waals surface area contributed by atoms with Gasteiger partial charge in [-0.15, -0.1) is 0 Å². The second kappa shape index (κ2) is 11.1. The maximum atomic E-state index is 4.28. The minimum atomic E-state index is 0.746. The summed E-state index contributed by atoms with van der Waals surface area (Å²) in [5.41, 5.74) is 5.25. The molecule has 138 valence electrons. The van der Waals surface area contributed by atoms with Crippen molar-refractivity contribution in [2.24, 2.45) is 0 Å². The third-order valence-electron chi connectivity index (χ3n) is 3.87. The first-order valence-electron chi connectivity index (χ1n) is 9.30. The van der Waals surface area contributed by atoms with E-state index < -0.39 is 0 Å². The van der Waals surface area contributed by atoms with E-state index in [-0.39, 0.29) is 0 Å². The molecule has 3 heteroatoms. The Morgan fingerprint density at radius 1 is 0.692 bits per heavy atom. The Kier molecular flexibility index (Phi) is 9.21. The van der Waals surface area contributed by atoms with Gasteiger partial charge >= 0.3 is 0 Å². The van der Waals surface area contributed by atoms with Gasteiger partial charge in [0.15, 0.2) is 5.82 Å². The normalized spacial score (nSPS) is 9.50. The second-order valence-corrected chi connectivity index (χ2v) is 5.89. The standard InChI is InChI=1S/C11H11N3.C10H14.C2H6/c1-8-12-9(2)14-11(13-8)10-6-4-3-5-7-10;1-4-10-6-5-8(2)9(3)7-10;1-2/h3-7H,1-2H3;5-7H,4H2,1-3H3;1-2H3. The van der Waals surface area contributed by atoms with Gasteiger partial charge in [0, 0.05) is 5.56 Å². The SMILES string of the molecule is CC.CCc1ccc(C)c(C)c1.Cc1nc(C)nc(-c2ccccc2)n1. The Balaban J connectivity index is 0.000000249. The highest BCUT2D eigenvalue weighted by molar-refractivity contribution is 5.54. The van der Waals surface area contributed by atoms with Crippen LogP contribution in [-0.4, -0.2) is 15.0 Å². The Morgan fingerprint density at radius 2 is 1.27 bits per heavy atom. The van der Waals surface area contributed by atoms with Crippen LogP contribution in [0.4, 0.5) is 0 Å². The number of hydrogen-bond donors (Lipinski definition) is 0. The van der Waals surface area contributed by atoms with Crippen LogP contribution < -0.4 is 0 Å². The van der Waals surface area contributed by atoms with Crippen LogP contribution in [0.25, 0.3) is 11.4 Å². The van der Waals surface area contributed by atoms with Crippen LogP contribution in [0.5, 0.6) is 0 Å². The lowest BCUT2D eigenvalue weighted by Crippen LogP contribution is -1.98. The van der Waals surface area contributed by atoms with E-state index in [1.165, 1.54) is 16.7 Å². The summed E-state index contributed by atoms with van der Waals surface area (Å²) in [6.07, 6.45) is 1.14. The van der Waals surface area contributed by atoms with Crippen molar-refractivity contribution in [1.29, 1.82) is 0 Å². The third kappa shape index (κ3) is 6.75. The van der Waals surface area contributed by atoms with Crippen LogP contribution in [-0.2, 0) is 6.42 Å². The maximum Gasteiger partial charge on any atom is 0.163 e. The minimum absolute atomic E-state index is 0.746. The maximum absolute atomic E-state index is 4.28. The van der Waals surface area contributed by atoms with Gasteiger partial charge in [0.2, 0.25) is 0 Å². The van der Waals surface area contributed by atoms with Gasteiger partial charge in [-0.2, -0.15) is 0 Å². The Hall–Kier alpha value is -2.55. The van der Waals surface area contributed by atoms with Crippen LogP contribution >= 0.6 is 0 Å². The van der Waals surface area contributed by atoms with Crippen molar-refractivity contribution in [3.8, 4) is 11.4 Å². The quantitative estimate of drug-likeness (QED) is 0.565. The lowest BCUT2D eigenvalue weighted by atomic mass is 10.1. The molecule has 0 bridgehead atoms. The number of aryl methyl sites for hydroxylation is 5. The molecule has 3 rings (SSSR count). The molecule has 0 saturated heterocycles. The number of rotatable bonds is 2. The summed E-state index contributed by atoms with van der Waals surface area (Å²) < 4.78 is 0. The number of aromatic nitrogens is 3. The summed E-state index contributed by atoms with van der Waals surface area (Å²) in [5.74, 6) is 2.27. The predicted octanol–water partition coefficient (Wildman–Crippen LogP) is 6.05. The molecule has 0 aliphatic rings. The van der Waals surface area contributed by atoms with E-state index in [9.17, 15) is 0 Å². The molecule has 3 nitrogen and oxygen atoms in total. The summed E-state index contributed by atoms with van der Waals surface area (Å²) in [5, 5.41) is 0. The van der Waals surface area contributed by atoms with Crippen molar-refractivity contribution in [3.63, 3.8) is 0 Å². The molecule has 0 aliphatic heterocycles. The van der Waals surface area contributed by atoms with Crippen molar-refractivity contribution < 1.29 is 0 Å². The van der Waals surface area contributed by atoms with Gasteiger partial charge in [-0.3, -0.25) is 0 Å². The second-order valence-electron chi connectivity index (χ2n) is 5.89. The fraction of sp³-hybridized carbons (Fsp3) is 0.348. The Bertz CT molecular complexity index is 776. The Morgan fingerprint density at radius 3 is 1.77 bits per heavy atom. The Labute approximate surface area is 158 Å². The number of hydrogen-bond acceptors (Lipinski definition) is 3. The topological polar surface area (TPSA) is 38.7 Å². The van der Waals surface area contributed by atoms with Gasteiger partial charge in [-0.25, -0.2) is 15.0 Å². The first-order valence-corrected chi connectivity index (χ1v) is 9.30. The molecule has 0 fully saturated rings. The van der Waals surface area contributed by atoms with E-state index >= 15 is 0 Å². The summed E-state index contributed by atoms with van der Waals surface area (Å²) in [4.78, 5) is 12.7. The molecule has 0 saturated carbocycles. The van der Waals surface area contributed by atoms with Gasteiger partial charge in [-0.1, -0.05) is 69.3 Å². The molecule has 1 heterocycles. The highest BCUT2D eigenvalue weighted by Gasteiger charge is 2.02. The lowest BCUT2D eigenvalue weighted by Gasteiger charge is -2.01. The molecule has 1 aromatic heterocycles. The summed E-state index contributed by atoms with van der Waals surface area (Å²) in [6, 6.07) is 16.6. The first kappa shape index (κ1) is 21.5. The average molecular weight is 350 g/mol. The van der Waals surface area contributed by atoms with Crippen LogP contribution in [0, 0.1) is 27.7 Å². The van der Waals surface area contributed by atoms with E-state index in [4.69, 9.17) is 0 Å². The van der Waals surface area contributed by atoms with E-state index in [2.05, 4.69) is 53.9 Å². The van der Waals surface area contributed by atoms with Gasteiger partial charge in [0.25, 0.3) is 0 Å². The molecule has 0 amide bonds. The number of nitrogens with zero attached hydrogens (tertiary/aromatic N) is 3. The molecule has 26 heavy (non-hydrogen) atoms. The first-order chi connectivity index (χ1) is 12.5. The van der Waals surface area contributed by atoms with Crippen LogP contribution in [0.1, 0.15) is 49.1 Å². The zero-order valence-electron chi connectivity index (χ0n) is 17.2. The fourth-order valence-corrected chi connectivity index (χ4v) is 2.36. The molecule has 0 spiro atoms. The van der Waals surface area contributed by atoms with Crippen molar-refractivity contribution in [1.82, 2.24) is 15.0 Å². The summed E-state index contributed by atoms with van der Waals surface area (Å²) in [7, 11) is 0. The highest BCUT2D eigenvalue weighted by Crippen LogP contribution is 2.13. The van der Waals surface area contributed by atoms with E-state index in [0.717, 1.165) is 29.5 Å². The zero-order valence-corrected chi connectivity index (χ0v) is 17.2. The molecular formula is C23H31N3. The predicted molar refractivity (Wildman–Crippen MR) is 111 cm³/mol. The summed E-state index contributed by atoms with van der Waals surface area (Å²) >= 11 is 0. The highest BCUT2D eigenvalue weighted by atomic mass is 15.0. The van der Waals surface area contributed by atoms with E-state index in [1.807, 2.05) is 58.0 Å². The summed E-state index contributed by atoms with van der Waals surface area (Å²) in [6.45, 7) is 14.2. The molecule has 2 aromatic carbocycles. The van der Waals surface area contributed by atoms with Gasteiger partial charge in [0.05, 0.1) is 0 Å². The van der Waals surface area contributed by atoms with Gasteiger partial charge < -0.3 is 0 Å². The van der Waals surface area contributed by atoms with Crippen LogP contribution in [0.2, 0.25) is 0 Å². The van der Waals surface area contributed by atoms with Crippen molar-refractivity contribution in [3.05, 3.63) is 76.9 Å². The zero-order chi connectivity index (χ0) is 19.5. The van der Waals surface area contributed by atoms with Crippen LogP contribution in [0.3, 0.4) is 0 Å². The fourth-order valence-electron chi connectivity index (χ4n) is 2.36. The smallest absolute Gasteiger partial charge is 0.163 e. The van der Waals surface area contributed by atoms with Crippen molar-refractivity contribution in [2.45, 2.75) is 54.9 Å². The molecule has 3 aromatic rings. The molecule has 0 radical (unpaired) electrons. The molecule has 0 aliphatic carbocycles. The minimum Gasteiger partial charge on any atom is -0.219 e. The van der Waals surface area contributed by atoms with Gasteiger partial charge in [0.1, 0.15) is 11.6 Å². The molecule has 0 unspecified atom stereocenters. The largest absolute Gasteiger partial charge is 0.219 e. The van der Waals surface area contributed by atoms with Crippen molar-refractivity contribution >= 4 is 0 Å². The monoisotopic (exact) mass is 349 g/mol. The number of benzene rings is 2. The molecular weight excluding hydrogens is 318 g/mol. The molecule has 0 atom stereocenters. The van der Waals surface area contributed by atoms with Gasteiger partial charge in [-0.05, 0) is 50.8 Å². The average Bonchev–Trinajstić information content (AvgIpc) is 2.66. The van der Waals surface area contributed by atoms with Crippen molar-refractivity contribution in [2.75, 3.05) is 0 Å². The lowest BCUT2D eigenvalue weighted by molar-refractivity contribution is 0.928. The van der Waals surface area contributed by atoms with E-state index in [0.29, 0.717) is 0 Å². The molecule has 0 N–H and O–H groups in total. The van der Waals surface area contributed by atoms with Crippen LogP contribution in [0.15, 0.2) is 48.5 Å².